The van der Waals surface area contributed by atoms with Crippen LogP contribution in [0.2, 0.25) is 0 Å². The van der Waals surface area contributed by atoms with Crippen LogP contribution < -0.4 is 4.74 Å². The Bertz CT molecular complexity index is 646. The molecule has 0 amide bonds. The van der Waals surface area contributed by atoms with Crippen molar-refractivity contribution >= 4 is 11.7 Å². The summed E-state index contributed by atoms with van der Waals surface area (Å²) in [5.41, 5.74) is 0.00746. The maximum absolute atomic E-state index is 11.0. The minimum absolute atomic E-state index is 0.0285. The van der Waals surface area contributed by atoms with E-state index in [1.165, 1.54) is 24.3 Å². The van der Waals surface area contributed by atoms with Gasteiger partial charge in [-0.15, -0.1) is 0 Å². The molecule has 8 heteroatoms. The number of aromatic nitrogens is 1. The van der Waals surface area contributed by atoms with E-state index in [9.17, 15) is 14.9 Å². The first-order valence-corrected chi connectivity index (χ1v) is 5.64. The summed E-state index contributed by atoms with van der Waals surface area (Å²) in [6.07, 6.45) is 0. The lowest BCUT2D eigenvalue weighted by molar-refractivity contribution is -0.384. The molecule has 1 aromatic carbocycles. The van der Waals surface area contributed by atoms with Crippen molar-refractivity contribution in [2.75, 3.05) is 6.61 Å². The van der Waals surface area contributed by atoms with Gasteiger partial charge in [0.1, 0.15) is 0 Å². The zero-order valence-electron chi connectivity index (χ0n) is 10.4. The van der Waals surface area contributed by atoms with Crippen LogP contribution in [0.3, 0.4) is 0 Å². The summed E-state index contributed by atoms with van der Waals surface area (Å²) in [5.74, 6) is -1.43. The molecule has 0 atom stereocenters. The van der Waals surface area contributed by atoms with Gasteiger partial charge in [-0.1, -0.05) is 0 Å². The van der Waals surface area contributed by atoms with Crippen LogP contribution in [0.15, 0.2) is 28.7 Å². The van der Waals surface area contributed by atoms with Crippen LogP contribution in [-0.4, -0.2) is 27.6 Å². The average molecular weight is 278 g/mol. The molecule has 1 aromatic heterocycles. The highest BCUT2D eigenvalue weighted by molar-refractivity contribution is 5.88. The number of hydrogen-bond donors (Lipinski definition) is 1. The summed E-state index contributed by atoms with van der Waals surface area (Å²) in [4.78, 5) is 24.8. The van der Waals surface area contributed by atoms with E-state index in [0.29, 0.717) is 5.56 Å². The molecule has 1 heterocycles. The second kappa shape index (κ2) is 5.39. The summed E-state index contributed by atoms with van der Waals surface area (Å²) in [7, 11) is 0. The van der Waals surface area contributed by atoms with Crippen LogP contribution >= 0.6 is 0 Å². The van der Waals surface area contributed by atoms with Crippen molar-refractivity contribution in [1.82, 2.24) is 4.98 Å². The first kappa shape index (κ1) is 13.5. The molecule has 0 spiro atoms. The number of hydrogen-bond acceptors (Lipinski definition) is 6. The molecule has 0 aliphatic carbocycles. The van der Waals surface area contributed by atoms with Gasteiger partial charge < -0.3 is 14.3 Å². The number of carbonyl (C=O) groups is 1. The maximum atomic E-state index is 11.0. The van der Waals surface area contributed by atoms with Gasteiger partial charge in [-0.2, -0.15) is 4.98 Å². The second-order valence-corrected chi connectivity index (χ2v) is 3.70. The van der Waals surface area contributed by atoms with E-state index in [1.807, 2.05) is 0 Å². The molecule has 104 valence electrons. The Kier molecular flexibility index (Phi) is 3.65. The summed E-state index contributed by atoms with van der Waals surface area (Å²) in [5, 5.41) is 19.5. The number of nitro groups is 1. The van der Waals surface area contributed by atoms with E-state index in [-0.39, 0.29) is 29.8 Å². The number of carboxylic acid groups (broad SMARTS) is 1. The third-order valence-corrected chi connectivity index (χ3v) is 2.40. The van der Waals surface area contributed by atoms with E-state index < -0.39 is 10.9 Å². The number of ether oxygens (including phenoxy) is 1. The Morgan fingerprint density at radius 2 is 2.10 bits per heavy atom. The molecule has 0 unspecified atom stereocenters. The Labute approximate surface area is 112 Å². The van der Waals surface area contributed by atoms with Gasteiger partial charge in [0.25, 0.3) is 5.69 Å². The number of aromatic carboxylic acids is 1. The minimum Gasteiger partial charge on any atom is -0.476 e. The third-order valence-electron chi connectivity index (χ3n) is 2.40. The molecule has 1 N–H and O–H groups in total. The summed E-state index contributed by atoms with van der Waals surface area (Å²) in [6, 6.07) is 5.40. The number of nitro benzene ring substituents is 1. The highest BCUT2D eigenvalue weighted by Gasteiger charge is 2.21. The number of oxazole rings is 1. The lowest BCUT2D eigenvalue weighted by Crippen LogP contribution is -2.01. The monoisotopic (exact) mass is 278 g/mol. The van der Waals surface area contributed by atoms with Gasteiger partial charge in [-0.05, 0) is 19.1 Å². The van der Waals surface area contributed by atoms with Gasteiger partial charge in [0.15, 0.2) is 0 Å². The van der Waals surface area contributed by atoms with Crippen molar-refractivity contribution in [3.63, 3.8) is 0 Å². The Hall–Kier alpha value is -2.90. The van der Waals surface area contributed by atoms with E-state index in [1.54, 1.807) is 6.92 Å². The summed E-state index contributed by atoms with van der Waals surface area (Å²) in [6.45, 7) is 1.91. The standard InChI is InChI=1S/C12H10N2O6/c1-2-19-12-9(11(15)16)13-10(20-12)7-3-5-8(6-4-7)14(17)18/h3-6H,2H2,1H3,(H,15,16). The van der Waals surface area contributed by atoms with Gasteiger partial charge in [0.05, 0.1) is 11.5 Å². The molecule has 0 bridgehead atoms. The molecule has 0 aliphatic rings. The minimum atomic E-state index is -1.27. The number of carboxylic acids is 1. The van der Waals surface area contributed by atoms with Gasteiger partial charge in [-0.3, -0.25) is 10.1 Å². The van der Waals surface area contributed by atoms with Crippen molar-refractivity contribution in [3.8, 4) is 17.4 Å². The molecular formula is C12H10N2O6. The maximum Gasteiger partial charge on any atom is 0.362 e. The first-order valence-electron chi connectivity index (χ1n) is 5.64. The van der Waals surface area contributed by atoms with Crippen LogP contribution in [0, 0.1) is 10.1 Å². The quantitative estimate of drug-likeness (QED) is 0.659. The lowest BCUT2D eigenvalue weighted by Gasteiger charge is -1.97. The second-order valence-electron chi connectivity index (χ2n) is 3.70. The Morgan fingerprint density at radius 3 is 2.60 bits per heavy atom. The van der Waals surface area contributed by atoms with E-state index in [2.05, 4.69) is 4.98 Å². The average Bonchev–Trinajstić information content (AvgIpc) is 2.83. The number of non-ortho nitro benzene ring substituents is 1. The highest BCUT2D eigenvalue weighted by atomic mass is 16.6. The summed E-state index contributed by atoms with van der Waals surface area (Å²) >= 11 is 0. The zero-order valence-corrected chi connectivity index (χ0v) is 10.4. The number of rotatable bonds is 5. The van der Waals surface area contributed by atoms with Crippen molar-refractivity contribution in [2.45, 2.75) is 6.92 Å². The van der Waals surface area contributed by atoms with Gasteiger partial charge >= 0.3 is 11.9 Å². The molecule has 20 heavy (non-hydrogen) atoms. The molecule has 2 rings (SSSR count). The van der Waals surface area contributed by atoms with Gasteiger partial charge in [-0.25, -0.2) is 4.79 Å². The fourth-order valence-corrected chi connectivity index (χ4v) is 1.52. The Morgan fingerprint density at radius 1 is 1.45 bits per heavy atom. The molecular weight excluding hydrogens is 268 g/mol. The smallest absolute Gasteiger partial charge is 0.362 e. The van der Waals surface area contributed by atoms with Crippen molar-refractivity contribution in [2.24, 2.45) is 0 Å². The van der Waals surface area contributed by atoms with Crippen molar-refractivity contribution < 1.29 is 24.0 Å². The fourth-order valence-electron chi connectivity index (χ4n) is 1.52. The first-order chi connectivity index (χ1) is 9.52. The van der Waals surface area contributed by atoms with Gasteiger partial charge in [0.2, 0.25) is 11.6 Å². The van der Waals surface area contributed by atoms with Crippen molar-refractivity contribution in [3.05, 3.63) is 40.1 Å². The molecule has 0 saturated carbocycles. The third kappa shape index (κ3) is 2.58. The van der Waals surface area contributed by atoms with Gasteiger partial charge in [0, 0.05) is 17.7 Å². The molecule has 8 nitrogen and oxygen atoms in total. The van der Waals surface area contributed by atoms with Crippen molar-refractivity contribution in [1.29, 1.82) is 0 Å². The molecule has 0 fully saturated rings. The normalized spacial score (nSPS) is 10.2. The topological polar surface area (TPSA) is 116 Å². The summed E-state index contributed by atoms with van der Waals surface area (Å²) < 4.78 is 10.3. The van der Waals surface area contributed by atoms with E-state index in [4.69, 9.17) is 14.3 Å². The van der Waals surface area contributed by atoms with E-state index >= 15 is 0 Å². The highest BCUT2D eigenvalue weighted by Crippen LogP contribution is 2.28. The van der Waals surface area contributed by atoms with Crippen LogP contribution in [0.5, 0.6) is 5.95 Å². The SMILES string of the molecule is CCOc1oc(-c2ccc([N+](=O)[O-])cc2)nc1C(=O)O. The molecule has 0 saturated heterocycles. The Balaban J connectivity index is 2.39. The van der Waals surface area contributed by atoms with Crippen LogP contribution in [-0.2, 0) is 0 Å². The van der Waals surface area contributed by atoms with Crippen LogP contribution in [0.1, 0.15) is 17.4 Å². The van der Waals surface area contributed by atoms with E-state index in [0.717, 1.165) is 0 Å². The molecule has 0 radical (unpaired) electrons. The number of nitrogens with zero attached hydrogens (tertiary/aromatic N) is 2. The van der Waals surface area contributed by atoms with Crippen LogP contribution in [0.4, 0.5) is 5.69 Å². The largest absolute Gasteiger partial charge is 0.476 e. The molecule has 0 aliphatic heterocycles. The molecule has 2 aromatic rings. The number of benzene rings is 1. The van der Waals surface area contributed by atoms with Crippen LogP contribution in [0.25, 0.3) is 11.5 Å². The predicted molar refractivity (Wildman–Crippen MR) is 66.7 cm³/mol. The zero-order chi connectivity index (χ0) is 14.7. The predicted octanol–water partition coefficient (Wildman–Crippen LogP) is 2.35. The fraction of sp³-hybridized carbons (Fsp3) is 0.167. The lowest BCUT2D eigenvalue weighted by atomic mass is 10.2.